The first-order valence-corrected chi connectivity index (χ1v) is 11.8. The molecule has 7 nitrogen and oxygen atoms in total. The van der Waals surface area contributed by atoms with Gasteiger partial charge in [-0.15, -0.1) is 11.3 Å². The first-order valence-electron chi connectivity index (χ1n) is 10.6. The van der Waals surface area contributed by atoms with Gasteiger partial charge in [0.25, 0.3) is 6.01 Å². The molecule has 3 aromatic rings. The van der Waals surface area contributed by atoms with Gasteiger partial charge in [0.15, 0.2) is 5.58 Å². The summed E-state index contributed by atoms with van der Waals surface area (Å²) in [7, 11) is 0. The summed E-state index contributed by atoms with van der Waals surface area (Å²) < 4.78 is 11.9. The number of anilines is 1. The molecule has 2 atom stereocenters. The zero-order chi connectivity index (χ0) is 21.8. The standard InChI is InChI=1S/C22H25ClN4O3S/c1-22(2,3)30-21(28)27-13-5-4-6-14(27)12-26(11-13)20-25-17-16(23)8-7-15(18(17)29-20)19-24-9-10-31-19/h7-10,13-14H,4-6,11-12H2,1-3H3. The second-order valence-corrected chi connectivity index (χ2v) is 10.4. The smallest absolute Gasteiger partial charge is 0.410 e. The lowest BCUT2D eigenvalue weighted by molar-refractivity contribution is -0.0102. The second-order valence-electron chi connectivity index (χ2n) is 9.14. The molecule has 31 heavy (non-hydrogen) atoms. The number of benzene rings is 1. The van der Waals surface area contributed by atoms with Crippen LogP contribution >= 0.6 is 22.9 Å². The molecule has 0 aliphatic carbocycles. The molecule has 2 saturated heterocycles. The van der Waals surface area contributed by atoms with E-state index in [0.717, 1.165) is 29.8 Å². The van der Waals surface area contributed by atoms with E-state index >= 15 is 0 Å². The van der Waals surface area contributed by atoms with Gasteiger partial charge in [0, 0.05) is 24.7 Å². The molecule has 0 spiro atoms. The minimum Gasteiger partial charge on any atom is -0.444 e. The van der Waals surface area contributed by atoms with Gasteiger partial charge >= 0.3 is 6.09 Å². The van der Waals surface area contributed by atoms with Crippen LogP contribution in [0.1, 0.15) is 40.0 Å². The molecule has 9 heteroatoms. The Kier molecular flexibility index (Phi) is 5.09. The summed E-state index contributed by atoms with van der Waals surface area (Å²) in [6, 6.07) is 4.45. The zero-order valence-corrected chi connectivity index (χ0v) is 19.4. The Morgan fingerprint density at radius 3 is 2.65 bits per heavy atom. The summed E-state index contributed by atoms with van der Waals surface area (Å²) in [6.45, 7) is 7.02. The largest absolute Gasteiger partial charge is 0.444 e. The maximum absolute atomic E-state index is 12.9. The molecule has 2 unspecified atom stereocenters. The lowest BCUT2D eigenvalue weighted by Gasteiger charge is -2.49. The molecule has 2 fully saturated rings. The van der Waals surface area contributed by atoms with Crippen LogP contribution in [0.3, 0.4) is 0 Å². The molecule has 1 aromatic carbocycles. The molecule has 2 aliphatic rings. The Labute approximate surface area is 190 Å². The highest BCUT2D eigenvalue weighted by molar-refractivity contribution is 7.13. The fraction of sp³-hybridized carbons (Fsp3) is 0.500. The predicted molar refractivity (Wildman–Crippen MR) is 122 cm³/mol. The van der Waals surface area contributed by atoms with Crippen molar-refractivity contribution in [2.24, 2.45) is 0 Å². The van der Waals surface area contributed by atoms with E-state index in [1.54, 1.807) is 17.5 Å². The maximum atomic E-state index is 12.9. The van der Waals surface area contributed by atoms with Crippen LogP contribution < -0.4 is 4.90 Å². The average molecular weight is 461 g/mol. The fourth-order valence-electron chi connectivity index (χ4n) is 4.50. The van der Waals surface area contributed by atoms with Crippen LogP contribution in [0.2, 0.25) is 5.02 Å². The maximum Gasteiger partial charge on any atom is 0.410 e. The molecular weight excluding hydrogens is 436 g/mol. The van der Waals surface area contributed by atoms with Gasteiger partial charge in [0.1, 0.15) is 16.1 Å². The summed E-state index contributed by atoms with van der Waals surface area (Å²) >= 11 is 7.99. The van der Waals surface area contributed by atoms with Crippen molar-refractivity contribution >= 4 is 46.1 Å². The van der Waals surface area contributed by atoms with Crippen molar-refractivity contribution in [3.63, 3.8) is 0 Å². The second kappa shape index (κ2) is 7.67. The van der Waals surface area contributed by atoms with Gasteiger partial charge in [-0.3, -0.25) is 4.90 Å². The summed E-state index contributed by atoms with van der Waals surface area (Å²) in [5, 5.41) is 3.36. The van der Waals surface area contributed by atoms with Crippen LogP contribution in [0.25, 0.3) is 21.7 Å². The van der Waals surface area contributed by atoms with Gasteiger partial charge in [0.05, 0.1) is 22.7 Å². The number of thiazole rings is 1. The van der Waals surface area contributed by atoms with Gasteiger partial charge in [0.2, 0.25) is 0 Å². The third kappa shape index (κ3) is 3.87. The number of piperidine rings is 1. The van der Waals surface area contributed by atoms with Crippen LogP contribution in [-0.4, -0.2) is 51.7 Å². The van der Waals surface area contributed by atoms with E-state index < -0.39 is 5.60 Å². The van der Waals surface area contributed by atoms with E-state index in [2.05, 4.69) is 9.88 Å². The molecule has 2 aromatic heterocycles. The van der Waals surface area contributed by atoms with Crippen molar-refractivity contribution < 1.29 is 13.9 Å². The molecule has 5 rings (SSSR count). The number of amides is 1. The zero-order valence-electron chi connectivity index (χ0n) is 17.8. The highest BCUT2D eigenvalue weighted by atomic mass is 35.5. The van der Waals surface area contributed by atoms with Crippen LogP contribution in [0, 0.1) is 0 Å². The summed E-state index contributed by atoms with van der Waals surface area (Å²) in [6.07, 6.45) is 4.54. The number of hydrogen-bond donors (Lipinski definition) is 0. The van der Waals surface area contributed by atoms with Crippen molar-refractivity contribution in [3.05, 3.63) is 28.7 Å². The third-order valence-electron chi connectivity index (χ3n) is 5.74. The Bertz CT molecular complexity index is 1090. The Balaban J connectivity index is 1.45. The molecule has 1 amide bonds. The Hall–Kier alpha value is -2.32. The number of fused-ring (bicyclic) bond motifs is 3. The minimum atomic E-state index is -0.508. The molecule has 4 heterocycles. The lowest BCUT2D eigenvalue weighted by Crippen LogP contribution is -2.63. The number of hydrogen-bond acceptors (Lipinski definition) is 7. The number of oxazole rings is 1. The summed E-state index contributed by atoms with van der Waals surface area (Å²) in [5.41, 5.74) is 1.67. The van der Waals surface area contributed by atoms with E-state index in [4.69, 9.17) is 25.7 Å². The van der Waals surface area contributed by atoms with Crippen LogP contribution in [0.5, 0.6) is 0 Å². The molecule has 164 valence electrons. The molecular formula is C22H25ClN4O3S. The van der Waals surface area contributed by atoms with E-state index in [9.17, 15) is 4.79 Å². The fourth-order valence-corrected chi connectivity index (χ4v) is 5.35. The number of carbonyl (C=O) groups is 1. The minimum absolute atomic E-state index is 0.0752. The SMILES string of the molecule is CC(C)(C)OC(=O)N1C2CCCC1CN(c1nc3c(Cl)ccc(-c4nccs4)c3o1)C2. The van der Waals surface area contributed by atoms with Crippen molar-refractivity contribution in [2.45, 2.75) is 57.7 Å². The topological polar surface area (TPSA) is 71.7 Å². The molecule has 0 N–H and O–H groups in total. The van der Waals surface area contributed by atoms with Crippen molar-refractivity contribution in [1.29, 1.82) is 0 Å². The van der Waals surface area contributed by atoms with Crippen molar-refractivity contribution in [1.82, 2.24) is 14.9 Å². The molecule has 2 aliphatic heterocycles. The summed E-state index contributed by atoms with van der Waals surface area (Å²) in [5.74, 6) is 0. The van der Waals surface area contributed by atoms with Crippen molar-refractivity contribution in [2.75, 3.05) is 18.0 Å². The highest BCUT2D eigenvalue weighted by Crippen LogP contribution is 2.38. The van der Waals surface area contributed by atoms with E-state index in [-0.39, 0.29) is 18.2 Å². The van der Waals surface area contributed by atoms with E-state index in [1.165, 1.54) is 0 Å². The third-order valence-corrected chi connectivity index (χ3v) is 6.86. The summed E-state index contributed by atoms with van der Waals surface area (Å²) in [4.78, 5) is 26.1. The van der Waals surface area contributed by atoms with Gasteiger partial charge in [-0.25, -0.2) is 9.78 Å². The number of halogens is 1. The lowest BCUT2D eigenvalue weighted by atomic mass is 9.92. The highest BCUT2D eigenvalue weighted by Gasteiger charge is 2.43. The quantitative estimate of drug-likeness (QED) is 0.497. The van der Waals surface area contributed by atoms with Gasteiger partial charge in [-0.05, 0) is 52.2 Å². The van der Waals surface area contributed by atoms with Gasteiger partial charge in [-0.2, -0.15) is 4.98 Å². The number of nitrogens with zero attached hydrogens (tertiary/aromatic N) is 4. The number of ether oxygens (including phenoxy) is 1. The van der Waals surface area contributed by atoms with Gasteiger partial charge < -0.3 is 14.1 Å². The monoisotopic (exact) mass is 460 g/mol. The predicted octanol–water partition coefficient (Wildman–Crippen LogP) is 5.58. The van der Waals surface area contributed by atoms with Gasteiger partial charge in [-0.1, -0.05) is 11.6 Å². The molecule has 2 bridgehead atoms. The number of rotatable bonds is 2. The average Bonchev–Trinajstić information content (AvgIpc) is 3.36. The Morgan fingerprint density at radius 1 is 1.26 bits per heavy atom. The van der Waals surface area contributed by atoms with Crippen molar-refractivity contribution in [3.8, 4) is 10.6 Å². The van der Waals surface area contributed by atoms with Crippen LogP contribution in [0.15, 0.2) is 28.1 Å². The first-order chi connectivity index (χ1) is 14.8. The number of piperazine rings is 1. The van der Waals surface area contributed by atoms with E-state index in [0.29, 0.717) is 35.2 Å². The molecule has 0 radical (unpaired) electrons. The van der Waals surface area contributed by atoms with Crippen LogP contribution in [0.4, 0.5) is 10.8 Å². The first kappa shape index (κ1) is 20.6. The van der Waals surface area contributed by atoms with E-state index in [1.807, 2.05) is 43.2 Å². The molecule has 0 saturated carbocycles. The Morgan fingerprint density at radius 2 is 2.00 bits per heavy atom. The normalized spacial score (nSPS) is 21.5. The number of carbonyl (C=O) groups excluding carboxylic acids is 1. The van der Waals surface area contributed by atoms with Crippen LogP contribution in [-0.2, 0) is 4.74 Å². The number of aromatic nitrogens is 2.